The third-order valence-electron chi connectivity index (χ3n) is 2.52. The number of aromatic hydroxyl groups is 1. The van der Waals surface area contributed by atoms with Gasteiger partial charge in [-0.2, -0.15) is 4.98 Å². The Kier molecular flexibility index (Phi) is 2.59. The Balaban J connectivity index is 2.19. The largest absolute Gasteiger partial charge is 0.493 e. The van der Waals surface area contributed by atoms with E-state index in [0.29, 0.717) is 5.95 Å². The minimum atomic E-state index is -0.323. The quantitative estimate of drug-likeness (QED) is 0.636. The van der Waals surface area contributed by atoms with Crippen molar-refractivity contribution in [3.8, 4) is 5.88 Å². The molecule has 82 valence electrons. The zero-order chi connectivity index (χ0) is 10.8. The van der Waals surface area contributed by atoms with Gasteiger partial charge in [-0.05, 0) is 7.05 Å². The average molecular weight is 210 g/mol. The molecule has 0 amide bonds. The number of rotatable bonds is 1. The molecule has 0 bridgehead atoms. The van der Waals surface area contributed by atoms with Crippen LogP contribution < -0.4 is 10.5 Å². The van der Waals surface area contributed by atoms with Crippen LogP contribution in [0.5, 0.6) is 5.88 Å². The van der Waals surface area contributed by atoms with E-state index in [1.807, 2.05) is 4.90 Å². The number of hydrogen-bond donors (Lipinski definition) is 2. The van der Waals surface area contributed by atoms with Gasteiger partial charge in [0, 0.05) is 26.2 Å². The first kappa shape index (κ1) is 9.97. The second-order valence-corrected chi connectivity index (χ2v) is 3.72. The Morgan fingerprint density at radius 1 is 1.40 bits per heavy atom. The molecular weight excluding hydrogens is 196 g/mol. The lowest BCUT2D eigenvalue weighted by Gasteiger charge is -2.32. The molecule has 0 spiro atoms. The number of anilines is 1. The molecule has 0 unspecified atom stereocenters. The number of hydrogen-bond acceptors (Lipinski definition) is 5. The Labute approximate surface area is 87.2 Å². The zero-order valence-electron chi connectivity index (χ0n) is 8.60. The van der Waals surface area contributed by atoms with Crippen molar-refractivity contribution in [2.75, 3.05) is 38.1 Å². The monoisotopic (exact) mass is 210 g/mol. The van der Waals surface area contributed by atoms with Gasteiger partial charge < -0.3 is 14.9 Å². The van der Waals surface area contributed by atoms with Gasteiger partial charge in [0.25, 0.3) is 5.56 Å². The highest BCUT2D eigenvalue weighted by molar-refractivity contribution is 5.32. The molecule has 2 N–H and O–H groups in total. The summed E-state index contributed by atoms with van der Waals surface area (Å²) < 4.78 is 0. The van der Waals surface area contributed by atoms with E-state index in [-0.39, 0.29) is 11.4 Å². The molecular formula is C9H14N4O2. The van der Waals surface area contributed by atoms with Crippen LogP contribution in [0.3, 0.4) is 0 Å². The molecule has 1 saturated heterocycles. The molecule has 6 nitrogen and oxygen atoms in total. The summed E-state index contributed by atoms with van der Waals surface area (Å²) in [5.74, 6) is 0.223. The summed E-state index contributed by atoms with van der Waals surface area (Å²) in [6, 6.07) is 1.07. The van der Waals surface area contributed by atoms with Crippen molar-refractivity contribution in [3.05, 3.63) is 16.4 Å². The highest BCUT2D eigenvalue weighted by atomic mass is 16.3. The molecule has 1 fully saturated rings. The molecule has 15 heavy (non-hydrogen) atoms. The third kappa shape index (κ3) is 2.27. The third-order valence-corrected chi connectivity index (χ3v) is 2.52. The number of nitrogens with one attached hydrogen (secondary N) is 1. The standard InChI is InChI=1S/C9H14N4O2/c1-12-2-4-13(5-3-12)9-10-7(14)6-8(15)11-9/h6H,2-5H2,1H3,(H2,10,11,14,15). The maximum absolute atomic E-state index is 11.1. The van der Waals surface area contributed by atoms with E-state index in [4.69, 9.17) is 0 Å². The second kappa shape index (κ2) is 3.90. The summed E-state index contributed by atoms with van der Waals surface area (Å²) in [5, 5.41) is 9.21. The second-order valence-electron chi connectivity index (χ2n) is 3.72. The van der Waals surface area contributed by atoms with Crippen LogP contribution in [0, 0.1) is 0 Å². The van der Waals surface area contributed by atoms with Crippen LogP contribution in [0.25, 0.3) is 0 Å². The summed E-state index contributed by atoms with van der Waals surface area (Å²) >= 11 is 0. The Hall–Kier alpha value is -1.56. The van der Waals surface area contributed by atoms with Crippen LogP contribution in [0.1, 0.15) is 0 Å². The van der Waals surface area contributed by atoms with Crippen molar-refractivity contribution in [1.29, 1.82) is 0 Å². The van der Waals surface area contributed by atoms with E-state index in [2.05, 4.69) is 21.9 Å². The van der Waals surface area contributed by atoms with E-state index in [1.165, 1.54) is 0 Å². The predicted octanol–water partition coefficient (Wildman–Crippen LogP) is -0.773. The fourth-order valence-electron chi connectivity index (χ4n) is 1.60. The molecule has 1 aliphatic rings. The van der Waals surface area contributed by atoms with E-state index in [1.54, 1.807) is 0 Å². The zero-order valence-corrected chi connectivity index (χ0v) is 8.60. The van der Waals surface area contributed by atoms with Crippen molar-refractivity contribution in [2.45, 2.75) is 0 Å². The maximum atomic E-state index is 11.1. The van der Waals surface area contributed by atoms with E-state index < -0.39 is 0 Å². The predicted molar refractivity (Wildman–Crippen MR) is 56.2 cm³/mol. The first-order valence-electron chi connectivity index (χ1n) is 4.89. The van der Waals surface area contributed by atoms with E-state index in [9.17, 15) is 9.90 Å². The van der Waals surface area contributed by atoms with Crippen molar-refractivity contribution >= 4 is 5.95 Å². The van der Waals surface area contributed by atoms with Gasteiger partial charge in [0.15, 0.2) is 0 Å². The lowest BCUT2D eigenvalue weighted by molar-refractivity contribution is 0.310. The Morgan fingerprint density at radius 3 is 2.67 bits per heavy atom. The number of nitrogens with zero attached hydrogens (tertiary/aromatic N) is 3. The summed E-state index contributed by atoms with van der Waals surface area (Å²) in [4.78, 5) is 21.8. The number of H-pyrrole nitrogens is 1. The van der Waals surface area contributed by atoms with Gasteiger partial charge >= 0.3 is 0 Å². The van der Waals surface area contributed by atoms with Crippen LogP contribution >= 0.6 is 0 Å². The van der Waals surface area contributed by atoms with Gasteiger partial charge in [-0.25, -0.2) is 0 Å². The SMILES string of the molecule is CN1CCN(c2nc(O)cc(=O)[nH]2)CC1. The van der Waals surface area contributed by atoms with Crippen molar-refractivity contribution in [1.82, 2.24) is 14.9 Å². The van der Waals surface area contributed by atoms with Gasteiger partial charge in [-0.15, -0.1) is 0 Å². The van der Waals surface area contributed by atoms with Gasteiger partial charge in [0.2, 0.25) is 11.8 Å². The molecule has 2 rings (SSSR count). The average Bonchev–Trinajstić information content (AvgIpc) is 2.17. The number of aromatic amines is 1. The van der Waals surface area contributed by atoms with E-state index >= 15 is 0 Å². The van der Waals surface area contributed by atoms with Gasteiger partial charge in [-0.3, -0.25) is 9.78 Å². The van der Waals surface area contributed by atoms with Crippen LogP contribution in [0.15, 0.2) is 10.9 Å². The fraction of sp³-hybridized carbons (Fsp3) is 0.556. The van der Waals surface area contributed by atoms with Crippen LogP contribution in [0.4, 0.5) is 5.95 Å². The Morgan fingerprint density at radius 2 is 2.07 bits per heavy atom. The van der Waals surface area contributed by atoms with Gasteiger partial charge in [-0.1, -0.05) is 0 Å². The summed E-state index contributed by atoms with van der Waals surface area (Å²) in [6.07, 6.45) is 0. The first-order chi connectivity index (χ1) is 7.15. The number of likely N-dealkylation sites (N-methyl/N-ethyl adjacent to an activating group) is 1. The number of aromatic nitrogens is 2. The molecule has 0 radical (unpaired) electrons. The molecule has 0 atom stereocenters. The topological polar surface area (TPSA) is 72.5 Å². The summed E-state index contributed by atoms with van der Waals surface area (Å²) in [5.41, 5.74) is -0.323. The van der Waals surface area contributed by atoms with E-state index in [0.717, 1.165) is 32.2 Å². The Bertz CT molecular complexity index is 395. The molecule has 2 heterocycles. The smallest absolute Gasteiger partial charge is 0.256 e. The molecule has 0 aliphatic carbocycles. The molecule has 1 aliphatic heterocycles. The molecule has 1 aromatic heterocycles. The minimum Gasteiger partial charge on any atom is -0.493 e. The summed E-state index contributed by atoms with van der Waals surface area (Å²) in [7, 11) is 2.05. The lowest BCUT2D eigenvalue weighted by atomic mass is 10.3. The first-order valence-corrected chi connectivity index (χ1v) is 4.89. The van der Waals surface area contributed by atoms with Crippen LogP contribution in [0.2, 0.25) is 0 Å². The highest BCUT2D eigenvalue weighted by Gasteiger charge is 2.16. The fourth-order valence-corrected chi connectivity index (χ4v) is 1.60. The molecule has 6 heteroatoms. The van der Waals surface area contributed by atoms with Crippen LogP contribution in [-0.4, -0.2) is 53.2 Å². The molecule has 0 aromatic carbocycles. The van der Waals surface area contributed by atoms with Crippen LogP contribution in [-0.2, 0) is 0 Å². The van der Waals surface area contributed by atoms with Crippen molar-refractivity contribution < 1.29 is 5.11 Å². The van der Waals surface area contributed by atoms with Crippen molar-refractivity contribution in [2.24, 2.45) is 0 Å². The highest BCUT2D eigenvalue weighted by Crippen LogP contribution is 2.10. The number of piperazine rings is 1. The lowest BCUT2D eigenvalue weighted by Crippen LogP contribution is -2.45. The minimum absolute atomic E-state index is 0.229. The normalized spacial score (nSPS) is 18.1. The molecule has 1 aromatic rings. The maximum Gasteiger partial charge on any atom is 0.256 e. The van der Waals surface area contributed by atoms with Gasteiger partial charge in [0.1, 0.15) is 0 Å². The summed E-state index contributed by atoms with van der Waals surface area (Å²) in [6.45, 7) is 3.48. The van der Waals surface area contributed by atoms with Gasteiger partial charge in [0.05, 0.1) is 6.07 Å². The molecule has 0 saturated carbocycles. The van der Waals surface area contributed by atoms with Crippen molar-refractivity contribution in [3.63, 3.8) is 0 Å².